The van der Waals surface area contributed by atoms with Gasteiger partial charge in [0.2, 0.25) is 0 Å². The number of hydroxylamine groups is 2. The molecule has 0 atom stereocenters. The van der Waals surface area contributed by atoms with Crippen LogP contribution >= 0.6 is 0 Å². The molecule has 0 heterocycles. The smallest absolute Gasteiger partial charge is 0.122 e. The van der Waals surface area contributed by atoms with Crippen LogP contribution in [0.25, 0.3) is 0 Å². The highest BCUT2D eigenvalue weighted by atomic mass is 16.7. The van der Waals surface area contributed by atoms with Crippen LogP contribution in [0.5, 0.6) is 5.75 Å². The van der Waals surface area contributed by atoms with Crippen LogP contribution < -0.4 is 4.74 Å². The van der Waals surface area contributed by atoms with Crippen molar-refractivity contribution in [3.05, 3.63) is 65.2 Å². The van der Waals surface area contributed by atoms with E-state index in [1.807, 2.05) is 23.3 Å². The molecule has 0 fully saturated rings. The number of rotatable bonds is 9. The van der Waals surface area contributed by atoms with Gasteiger partial charge in [-0.1, -0.05) is 49.4 Å². The van der Waals surface area contributed by atoms with Crippen molar-refractivity contribution < 1.29 is 9.57 Å². The van der Waals surface area contributed by atoms with Crippen molar-refractivity contribution in [3.8, 4) is 5.75 Å². The zero-order chi connectivity index (χ0) is 16.5. The molecule has 0 amide bonds. The number of hydrogen-bond acceptors (Lipinski definition) is 3. The highest BCUT2D eigenvalue weighted by Crippen LogP contribution is 2.21. The van der Waals surface area contributed by atoms with Crippen LogP contribution in [0, 0.1) is 6.92 Å². The second-order valence-electron chi connectivity index (χ2n) is 5.74. The van der Waals surface area contributed by atoms with E-state index in [0.717, 1.165) is 31.7 Å². The van der Waals surface area contributed by atoms with E-state index in [1.165, 1.54) is 16.7 Å². The minimum absolute atomic E-state index is 0.602. The van der Waals surface area contributed by atoms with Gasteiger partial charge in [0.25, 0.3) is 0 Å². The van der Waals surface area contributed by atoms with Crippen molar-refractivity contribution in [1.29, 1.82) is 0 Å². The molecule has 3 nitrogen and oxygen atoms in total. The minimum atomic E-state index is 0.602. The largest absolute Gasteiger partial charge is 0.489 e. The van der Waals surface area contributed by atoms with Gasteiger partial charge in [0, 0.05) is 13.1 Å². The Balaban J connectivity index is 1.95. The van der Waals surface area contributed by atoms with E-state index in [4.69, 9.17) is 9.57 Å². The van der Waals surface area contributed by atoms with Gasteiger partial charge in [-0.15, -0.1) is 0 Å². The SMILES string of the molecule is CCCN(CCc1ccc(C)c(OCc2ccccc2)c1)OC. The fourth-order valence-electron chi connectivity index (χ4n) is 2.49. The summed E-state index contributed by atoms with van der Waals surface area (Å²) in [7, 11) is 1.74. The molecule has 0 saturated carbocycles. The molecule has 23 heavy (non-hydrogen) atoms. The molecule has 0 aliphatic rings. The van der Waals surface area contributed by atoms with Crippen LogP contribution in [-0.4, -0.2) is 25.3 Å². The first kappa shape index (κ1) is 17.5. The monoisotopic (exact) mass is 313 g/mol. The quantitative estimate of drug-likeness (QED) is 0.641. The predicted molar refractivity (Wildman–Crippen MR) is 94.5 cm³/mol. The maximum Gasteiger partial charge on any atom is 0.122 e. The molecule has 3 heteroatoms. The number of nitrogens with zero attached hydrogens (tertiary/aromatic N) is 1. The summed E-state index contributed by atoms with van der Waals surface area (Å²) in [4.78, 5) is 5.37. The summed E-state index contributed by atoms with van der Waals surface area (Å²) < 4.78 is 6.00. The molecule has 2 aromatic rings. The second-order valence-corrected chi connectivity index (χ2v) is 5.74. The van der Waals surface area contributed by atoms with E-state index in [2.05, 4.69) is 44.2 Å². The van der Waals surface area contributed by atoms with Gasteiger partial charge in [-0.3, -0.25) is 0 Å². The predicted octanol–water partition coefficient (Wildman–Crippen LogP) is 4.39. The lowest BCUT2D eigenvalue weighted by Gasteiger charge is -2.19. The van der Waals surface area contributed by atoms with Crippen LogP contribution in [0.15, 0.2) is 48.5 Å². The van der Waals surface area contributed by atoms with E-state index < -0.39 is 0 Å². The summed E-state index contributed by atoms with van der Waals surface area (Å²) >= 11 is 0. The van der Waals surface area contributed by atoms with Gasteiger partial charge in [0.05, 0.1) is 7.11 Å². The zero-order valence-corrected chi connectivity index (χ0v) is 14.4. The molecule has 0 N–H and O–H groups in total. The Morgan fingerprint density at radius 2 is 1.74 bits per heavy atom. The fraction of sp³-hybridized carbons (Fsp3) is 0.400. The number of benzene rings is 2. The van der Waals surface area contributed by atoms with Crippen LogP contribution in [0.4, 0.5) is 0 Å². The third-order valence-electron chi connectivity index (χ3n) is 3.87. The maximum atomic E-state index is 6.00. The van der Waals surface area contributed by atoms with Gasteiger partial charge in [0.15, 0.2) is 0 Å². The minimum Gasteiger partial charge on any atom is -0.489 e. The van der Waals surface area contributed by atoms with E-state index in [1.54, 1.807) is 7.11 Å². The van der Waals surface area contributed by atoms with Crippen molar-refractivity contribution in [3.63, 3.8) is 0 Å². The van der Waals surface area contributed by atoms with Crippen molar-refractivity contribution in [2.24, 2.45) is 0 Å². The molecule has 0 spiro atoms. The Hall–Kier alpha value is -1.84. The summed E-state index contributed by atoms with van der Waals surface area (Å²) in [6.45, 7) is 6.70. The van der Waals surface area contributed by atoms with Crippen molar-refractivity contribution >= 4 is 0 Å². The van der Waals surface area contributed by atoms with E-state index >= 15 is 0 Å². The third kappa shape index (κ3) is 5.70. The lowest BCUT2D eigenvalue weighted by atomic mass is 10.1. The average molecular weight is 313 g/mol. The topological polar surface area (TPSA) is 21.7 Å². The van der Waals surface area contributed by atoms with Crippen molar-refractivity contribution in [2.75, 3.05) is 20.2 Å². The van der Waals surface area contributed by atoms with Gasteiger partial charge in [-0.2, -0.15) is 5.06 Å². The van der Waals surface area contributed by atoms with Gasteiger partial charge in [0.1, 0.15) is 12.4 Å². The first-order valence-electron chi connectivity index (χ1n) is 8.28. The van der Waals surface area contributed by atoms with Crippen LogP contribution in [0.2, 0.25) is 0 Å². The number of hydrogen-bond donors (Lipinski definition) is 0. The standard InChI is InChI=1S/C20H27NO2/c1-4-13-21(22-3)14-12-18-11-10-17(2)20(15-18)23-16-19-8-6-5-7-9-19/h5-11,15H,4,12-14,16H2,1-3H3. The molecular formula is C20H27NO2. The lowest BCUT2D eigenvalue weighted by molar-refractivity contribution is -0.130. The highest BCUT2D eigenvalue weighted by Gasteiger charge is 2.06. The molecular weight excluding hydrogens is 286 g/mol. The normalized spacial score (nSPS) is 11.0. The molecule has 2 aromatic carbocycles. The van der Waals surface area contributed by atoms with Crippen molar-refractivity contribution in [2.45, 2.75) is 33.3 Å². The lowest BCUT2D eigenvalue weighted by Crippen LogP contribution is -2.25. The summed E-state index contributed by atoms with van der Waals surface area (Å²) in [5, 5.41) is 2.00. The molecule has 0 bridgehead atoms. The molecule has 0 aliphatic heterocycles. The Morgan fingerprint density at radius 1 is 0.957 bits per heavy atom. The molecule has 2 rings (SSSR count). The zero-order valence-electron chi connectivity index (χ0n) is 14.4. The highest BCUT2D eigenvalue weighted by molar-refractivity contribution is 5.37. The molecule has 0 aliphatic carbocycles. The maximum absolute atomic E-state index is 6.00. The van der Waals surface area contributed by atoms with Crippen LogP contribution in [0.3, 0.4) is 0 Å². The van der Waals surface area contributed by atoms with E-state index in [-0.39, 0.29) is 0 Å². The molecule has 0 aromatic heterocycles. The average Bonchev–Trinajstić information content (AvgIpc) is 2.59. The summed E-state index contributed by atoms with van der Waals surface area (Å²) in [5.74, 6) is 0.964. The Labute approximate surface area is 139 Å². The van der Waals surface area contributed by atoms with Crippen LogP contribution in [-0.2, 0) is 17.9 Å². The van der Waals surface area contributed by atoms with Gasteiger partial charge in [-0.25, -0.2) is 0 Å². The van der Waals surface area contributed by atoms with Crippen LogP contribution in [0.1, 0.15) is 30.0 Å². The first-order valence-corrected chi connectivity index (χ1v) is 8.28. The van der Waals surface area contributed by atoms with Crippen molar-refractivity contribution in [1.82, 2.24) is 5.06 Å². The van der Waals surface area contributed by atoms with Gasteiger partial charge < -0.3 is 9.57 Å². The number of ether oxygens (including phenoxy) is 1. The summed E-state index contributed by atoms with van der Waals surface area (Å²) in [5.41, 5.74) is 3.63. The summed E-state index contributed by atoms with van der Waals surface area (Å²) in [6.07, 6.45) is 2.04. The van der Waals surface area contributed by atoms with Gasteiger partial charge >= 0.3 is 0 Å². The second kappa shape index (κ2) is 9.33. The number of aryl methyl sites for hydroxylation is 1. The first-order chi connectivity index (χ1) is 11.2. The molecule has 0 radical (unpaired) electrons. The molecule has 0 unspecified atom stereocenters. The molecule has 124 valence electrons. The van der Waals surface area contributed by atoms with Gasteiger partial charge in [-0.05, 0) is 42.5 Å². The summed E-state index contributed by atoms with van der Waals surface area (Å²) in [6, 6.07) is 16.7. The third-order valence-corrected chi connectivity index (χ3v) is 3.87. The van der Waals surface area contributed by atoms with E-state index in [9.17, 15) is 0 Å². The fourth-order valence-corrected chi connectivity index (χ4v) is 2.49. The molecule has 0 saturated heterocycles. The van der Waals surface area contributed by atoms with E-state index in [0.29, 0.717) is 6.61 Å². The Kier molecular flexibility index (Phi) is 7.11. The Bertz CT molecular complexity index is 583. The Morgan fingerprint density at radius 3 is 2.43 bits per heavy atom.